The molecule has 2 aromatic carbocycles. The van der Waals surface area contributed by atoms with Crippen LogP contribution >= 0.6 is 0 Å². The van der Waals surface area contributed by atoms with E-state index in [4.69, 9.17) is 14.2 Å². The molecule has 0 aromatic heterocycles. The predicted octanol–water partition coefficient (Wildman–Crippen LogP) is 3.89. The summed E-state index contributed by atoms with van der Waals surface area (Å²) in [5.41, 5.74) is 0.0282. The number of methoxy groups -OCH3 is 1. The lowest BCUT2D eigenvalue weighted by Gasteiger charge is -2.29. The number of nitrogens with one attached hydrogen (secondary N) is 2. The van der Waals surface area contributed by atoms with Gasteiger partial charge in [0.2, 0.25) is 0 Å². The van der Waals surface area contributed by atoms with E-state index in [9.17, 15) is 18.0 Å². The average molecular weight is 453 g/mol. The van der Waals surface area contributed by atoms with Crippen molar-refractivity contribution in [2.75, 3.05) is 56.8 Å². The van der Waals surface area contributed by atoms with Crippen molar-refractivity contribution in [3.63, 3.8) is 0 Å². The lowest BCUT2D eigenvalue weighted by atomic mass is 10.1. The second kappa shape index (κ2) is 11.1. The molecule has 174 valence electrons. The molecule has 0 radical (unpaired) electrons. The summed E-state index contributed by atoms with van der Waals surface area (Å²) in [6.45, 7) is 2.99. The number of hydrogen-bond donors (Lipinski definition) is 2. The predicted molar refractivity (Wildman–Crippen MR) is 114 cm³/mol. The van der Waals surface area contributed by atoms with Crippen molar-refractivity contribution in [1.29, 1.82) is 0 Å². The van der Waals surface area contributed by atoms with Gasteiger partial charge in [0.15, 0.2) is 0 Å². The summed E-state index contributed by atoms with van der Waals surface area (Å²) in [6, 6.07) is 10.2. The number of morpholine rings is 1. The molecular weight excluding hydrogens is 427 g/mol. The number of benzene rings is 2. The Kier molecular flexibility index (Phi) is 8.18. The van der Waals surface area contributed by atoms with Gasteiger partial charge in [0.25, 0.3) is 0 Å². The molecule has 0 bridgehead atoms. The van der Waals surface area contributed by atoms with Crippen LogP contribution in [0.3, 0.4) is 0 Å². The number of alkyl halides is 3. The maximum absolute atomic E-state index is 13.6. The number of nitrogens with zero attached hydrogens (tertiary/aromatic N) is 1. The molecule has 0 atom stereocenters. The Morgan fingerprint density at radius 2 is 1.81 bits per heavy atom. The first-order valence-electron chi connectivity index (χ1n) is 10.2. The number of halogens is 3. The van der Waals surface area contributed by atoms with E-state index in [1.807, 2.05) is 4.90 Å². The van der Waals surface area contributed by atoms with Gasteiger partial charge in [-0.3, -0.25) is 0 Å². The summed E-state index contributed by atoms with van der Waals surface area (Å²) in [5, 5.41) is 4.88. The van der Waals surface area contributed by atoms with Gasteiger partial charge in [0.05, 0.1) is 31.1 Å². The van der Waals surface area contributed by atoms with Gasteiger partial charge in [0.1, 0.15) is 12.4 Å². The monoisotopic (exact) mass is 453 g/mol. The van der Waals surface area contributed by atoms with Gasteiger partial charge < -0.3 is 29.7 Å². The van der Waals surface area contributed by atoms with Crippen LogP contribution in [0.4, 0.5) is 29.3 Å². The largest absolute Gasteiger partial charge is 0.491 e. The minimum atomic E-state index is -4.61. The van der Waals surface area contributed by atoms with Crippen molar-refractivity contribution in [3.05, 3.63) is 53.6 Å². The summed E-state index contributed by atoms with van der Waals surface area (Å²) in [5.74, 6) is 0.658. The lowest BCUT2D eigenvalue weighted by molar-refractivity contribution is -0.136. The molecule has 0 spiro atoms. The molecule has 10 heteroatoms. The summed E-state index contributed by atoms with van der Waals surface area (Å²) >= 11 is 0. The Hall–Kier alpha value is -2.98. The van der Waals surface area contributed by atoms with Crippen molar-refractivity contribution in [3.8, 4) is 5.75 Å². The molecule has 7 nitrogen and oxygen atoms in total. The van der Waals surface area contributed by atoms with Crippen molar-refractivity contribution in [2.45, 2.75) is 12.7 Å². The Morgan fingerprint density at radius 3 is 2.47 bits per heavy atom. The van der Waals surface area contributed by atoms with Crippen LogP contribution in [0.15, 0.2) is 42.5 Å². The Labute approximate surface area is 184 Å². The molecule has 1 aliphatic heterocycles. The zero-order valence-electron chi connectivity index (χ0n) is 17.7. The highest BCUT2D eigenvalue weighted by molar-refractivity contribution is 5.90. The molecule has 2 aromatic rings. The van der Waals surface area contributed by atoms with Crippen LogP contribution in [-0.4, -0.2) is 52.7 Å². The summed E-state index contributed by atoms with van der Waals surface area (Å²) in [4.78, 5) is 14.1. The summed E-state index contributed by atoms with van der Waals surface area (Å²) in [7, 11) is 1.58. The summed E-state index contributed by atoms with van der Waals surface area (Å²) in [6.07, 6.45) is -4.61. The van der Waals surface area contributed by atoms with Crippen LogP contribution in [0, 0.1) is 0 Å². The van der Waals surface area contributed by atoms with E-state index in [2.05, 4.69) is 10.6 Å². The first-order chi connectivity index (χ1) is 15.4. The Bertz CT molecular complexity index is 885. The first-order valence-corrected chi connectivity index (χ1v) is 10.2. The van der Waals surface area contributed by atoms with E-state index in [-0.39, 0.29) is 12.2 Å². The molecule has 32 heavy (non-hydrogen) atoms. The third-order valence-electron chi connectivity index (χ3n) is 4.87. The zero-order valence-corrected chi connectivity index (χ0v) is 17.7. The quantitative estimate of drug-likeness (QED) is 0.594. The SMILES string of the molecule is COCCOc1ccc(CNC(=O)Nc2ccc(N3CCOCC3)cc2C(F)(F)F)cc1. The maximum atomic E-state index is 13.6. The third-order valence-corrected chi connectivity index (χ3v) is 4.87. The number of urea groups is 1. The normalized spacial score (nSPS) is 14.2. The summed E-state index contributed by atoms with van der Waals surface area (Å²) < 4.78 is 56.5. The molecule has 0 aliphatic carbocycles. The molecule has 1 aliphatic rings. The average Bonchev–Trinajstić information content (AvgIpc) is 2.79. The van der Waals surface area contributed by atoms with Gasteiger partial charge in [0, 0.05) is 32.4 Å². The van der Waals surface area contributed by atoms with E-state index in [0.29, 0.717) is 51.0 Å². The molecule has 1 heterocycles. The zero-order chi connectivity index (χ0) is 23.0. The van der Waals surface area contributed by atoms with Gasteiger partial charge >= 0.3 is 12.2 Å². The molecule has 1 fully saturated rings. The fourth-order valence-corrected chi connectivity index (χ4v) is 3.19. The molecule has 0 unspecified atom stereocenters. The molecular formula is C22H26F3N3O4. The lowest BCUT2D eigenvalue weighted by Crippen LogP contribution is -2.36. The highest BCUT2D eigenvalue weighted by Crippen LogP contribution is 2.37. The van der Waals surface area contributed by atoms with Gasteiger partial charge in [-0.25, -0.2) is 4.79 Å². The second-order valence-corrected chi connectivity index (χ2v) is 7.12. The first kappa shape index (κ1) is 23.7. The number of carbonyl (C=O) groups is 1. The van der Waals surface area contributed by atoms with Crippen LogP contribution in [0.25, 0.3) is 0 Å². The van der Waals surface area contributed by atoms with Crippen LogP contribution in [0.5, 0.6) is 5.75 Å². The highest BCUT2D eigenvalue weighted by atomic mass is 19.4. The number of hydrogen-bond acceptors (Lipinski definition) is 5. The van der Waals surface area contributed by atoms with Crippen LogP contribution in [0.1, 0.15) is 11.1 Å². The van der Waals surface area contributed by atoms with E-state index < -0.39 is 17.8 Å². The van der Waals surface area contributed by atoms with Gasteiger partial charge in [-0.1, -0.05) is 12.1 Å². The highest BCUT2D eigenvalue weighted by Gasteiger charge is 2.34. The molecule has 1 saturated heterocycles. The smallest absolute Gasteiger partial charge is 0.418 e. The number of amides is 2. The van der Waals surface area contributed by atoms with E-state index >= 15 is 0 Å². The van der Waals surface area contributed by atoms with Crippen molar-refractivity contribution in [1.82, 2.24) is 5.32 Å². The number of rotatable bonds is 8. The minimum absolute atomic E-state index is 0.150. The van der Waals surface area contributed by atoms with Gasteiger partial charge in [-0.2, -0.15) is 13.2 Å². The van der Waals surface area contributed by atoms with Gasteiger partial charge in [-0.15, -0.1) is 0 Å². The van der Waals surface area contributed by atoms with Crippen molar-refractivity contribution in [2.24, 2.45) is 0 Å². The number of anilines is 2. The van der Waals surface area contributed by atoms with Crippen LogP contribution in [0.2, 0.25) is 0 Å². The van der Waals surface area contributed by atoms with Crippen molar-refractivity contribution >= 4 is 17.4 Å². The fourth-order valence-electron chi connectivity index (χ4n) is 3.19. The molecule has 3 rings (SSSR count). The number of carbonyl (C=O) groups excluding carboxylic acids is 1. The fraction of sp³-hybridized carbons (Fsp3) is 0.409. The van der Waals surface area contributed by atoms with Crippen molar-refractivity contribution < 1.29 is 32.2 Å². The van der Waals surface area contributed by atoms with Crippen LogP contribution < -0.4 is 20.3 Å². The third kappa shape index (κ3) is 6.76. The minimum Gasteiger partial charge on any atom is -0.491 e. The topological polar surface area (TPSA) is 72.1 Å². The van der Waals surface area contributed by atoms with E-state index in [1.54, 1.807) is 37.4 Å². The Balaban J connectivity index is 1.60. The molecule has 2 N–H and O–H groups in total. The second-order valence-electron chi connectivity index (χ2n) is 7.12. The maximum Gasteiger partial charge on any atom is 0.418 e. The number of ether oxygens (including phenoxy) is 3. The van der Waals surface area contributed by atoms with E-state index in [0.717, 1.165) is 11.6 Å². The molecule has 0 saturated carbocycles. The van der Waals surface area contributed by atoms with Crippen LogP contribution in [-0.2, 0) is 22.2 Å². The molecule has 2 amide bonds. The van der Waals surface area contributed by atoms with Gasteiger partial charge in [-0.05, 0) is 35.9 Å². The Morgan fingerprint density at radius 1 is 1.09 bits per heavy atom. The standard InChI is InChI=1S/C22H26F3N3O4/c1-30-12-13-32-18-5-2-16(3-6-18)15-26-21(29)27-20-7-4-17(14-19(20)22(23,24)25)28-8-10-31-11-9-28/h2-7,14H,8-13,15H2,1H3,(H2,26,27,29). The van der Waals surface area contributed by atoms with E-state index in [1.165, 1.54) is 6.07 Å².